The SMILES string of the molecule is Cc1nc2ccc(NCC(=O)Nc3ccccc3C(=O)NC3CCCC3)cc2s1. The number of aromatic nitrogens is 1. The molecule has 1 aromatic heterocycles. The minimum absolute atomic E-state index is 0.113. The predicted molar refractivity (Wildman–Crippen MR) is 118 cm³/mol. The smallest absolute Gasteiger partial charge is 0.253 e. The lowest BCUT2D eigenvalue weighted by Crippen LogP contribution is -2.33. The van der Waals surface area contributed by atoms with Gasteiger partial charge in [-0.2, -0.15) is 0 Å². The van der Waals surface area contributed by atoms with Crippen molar-refractivity contribution in [1.82, 2.24) is 10.3 Å². The van der Waals surface area contributed by atoms with Crippen molar-refractivity contribution in [3.05, 3.63) is 53.0 Å². The molecular formula is C22H24N4O2S. The van der Waals surface area contributed by atoms with Crippen LogP contribution in [0, 0.1) is 6.92 Å². The lowest BCUT2D eigenvalue weighted by molar-refractivity contribution is -0.114. The van der Waals surface area contributed by atoms with Gasteiger partial charge in [0.05, 0.1) is 33.0 Å². The van der Waals surface area contributed by atoms with Crippen molar-refractivity contribution in [2.45, 2.75) is 38.6 Å². The Morgan fingerprint density at radius 3 is 2.76 bits per heavy atom. The highest BCUT2D eigenvalue weighted by Gasteiger charge is 2.20. The average molecular weight is 409 g/mol. The van der Waals surface area contributed by atoms with Crippen LogP contribution in [0.25, 0.3) is 10.2 Å². The normalized spacial score (nSPS) is 14.1. The fraction of sp³-hybridized carbons (Fsp3) is 0.318. The van der Waals surface area contributed by atoms with E-state index in [1.807, 2.05) is 37.3 Å². The Morgan fingerprint density at radius 2 is 1.93 bits per heavy atom. The number of carbonyl (C=O) groups excluding carboxylic acids is 2. The highest BCUT2D eigenvalue weighted by molar-refractivity contribution is 7.18. The Labute approximate surface area is 173 Å². The minimum Gasteiger partial charge on any atom is -0.376 e. The number of rotatable bonds is 6. The third-order valence-electron chi connectivity index (χ3n) is 5.08. The van der Waals surface area contributed by atoms with Crippen molar-refractivity contribution in [1.29, 1.82) is 0 Å². The molecule has 150 valence electrons. The van der Waals surface area contributed by atoms with Crippen molar-refractivity contribution in [3.63, 3.8) is 0 Å². The molecule has 3 aromatic rings. The van der Waals surface area contributed by atoms with Gasteiger partial charge in [-0.1, -0.05) is 25.0 Å². The lowest BCUT2D eigenvalue weighted by Gasteiger charge is -2.15. The van der Waals surface area contributed by atoms with Crippen molar-refractivity contribution >= 4 is 44.7 Å². The van der Waals surface area contributed by atoms with Crippen LogP contribution in [-0.4, -0.2) is 29.4 Å². The second-order valence-corrected chi connectivity index (χ2v) is 8.55. The maximum Gasteiger partial charge on any atom is 0.253 e. The van der Waals surface area contributed by atoms with Gasteiger partial charge in [-0.3, -0.25) is 9.59 Å². The molecule has 0 unspecified atom stereocenters. The topological polar surface area (TPSA) is 83.1 Å². The van der Waals surface area contributed by atoms with Crippen molar-refractivity contribution in [2.24, 2.45) is 0 Å². The van der Waals surface area contributed by atoms with Crippen LogP contribution >= 0.6 is 11.3 Å². The lowest BCUT2D eigenvalue weighted by atomic mass is 10.1. The first-order valence-corrected chi connectivity index (χ1v) is 10.7. The van der Waals surface area contributed by atoms with E-state index in [-0.39, 0.29) is 24.4 Å². The number of amides is 2. The molecule has 1 saturated carbocycles. The van der Waals surface area contributed by atoms with Gasteiger partial charge in [-0.25, -0.2) is 4.98 Å². The van der Waals surface area contributed by atoms with E-state index in [9.17, 15) is 9.59 Å². The second-order valence-electron chi connectivity index (χ2n) is 7.32. The molecule has 3 N–H and O–H groups in total. The third-order valence-corrected chi connectivity index (χ3v) is 6.02. The van der Waals surface area contributed by atoms with Crippen LogP contribution in [0.4, 0.5) is 11.4 Å². The Bertz CT molecular complexity index is 1040. The van der Waals surface area contributed by atoms with E-state index in [2.05, 4.69) is 20.9 Å². The van der Waals surface area contributed by atoms with Crippen LogP contribution in [0.15, 0.2) is 42.5 Å². The number of nitrogens with one attached hydrogen (secondary N) is 3. The van der Waals surface area contributed by atoms with Gasteiger partial charge >= 0.3 is 0 Å². The summed E-state index contributed by atoms with van der Waals surface area (Å²) in [5.74, 6) is -0.335. The molecule has 0 radical (unpaired) electrons. The number of para-hydroxylation sites is 1. The van der Waals surface area contributed by atoms with E-state index in [4.69, 9.17) is 0 Å². The molecule has 1 fully saturated rings. The van der Waals surface area contributed by atoms with E-state index >= 15 is 0 Å². The summed E-state index contributed by atoms with van der Waals surface area (Å²) in [5, 5.41) is 10.1. The maximum atomic E-state index is 12.6. The first-order chi connectivity index (χ1) is 14.1. The standard InChI is InChI=1S/C22H24N4O2S/c1-14-24-19-11-10-16(12-20(19)29-14)23-13-21(27)26-18-9-5-4-8-17(18)22(28)25-15-6-2-3-7-15/h4-5,8-12,15,23H,2-3,6-7,13H2,1H3,(H,25,28)(H,26,27). The number of anilines is 2. The van der Waals surface area contributed by atoms with Gasteiger partial charge in [0.15, 0.2) is 0 Å². The number of hydrogen-bond donors (Lipinski definition) is 3. The fourth-order valence-corrected chi connectivity index (χ4v) is 4.52. The zero-order chi connectivity index (χ0) is 20.2. The van der Waals surface area contributed by atoms with Crippen molar-refractivity contribution in [2.75, 3.05) is 17.2 Å². The summed E-state index contributed by atoms with van der Waals surface area (Å²) in [6.07, 6.45) is 4.35. The monoisotopic (exact) mass is 408 g/mol. The largest absolute Gasteiger partial charge is 0.376 e. The predicted octanol–water partition coefficient (Wildman–Crippen LogP) is 4.33. The van der Waals surface area contributed by atoms with Gasteiger partial charge in [-0.15, -0.1) is 11.3 Å². The number of aryl methyl sites for hydroxylation is 1. The molecule has 1 heterocycles. The van der Waals surface area contributed by atoms with E-state index < -0.39 is 0 Å². The van der Waals surface area contributed by atoms with Crippen LogP contribution in [0.1, 0.15) is 41.0 Å². The summed E-state index contributed by atoms with van der Waals surface area (Å²) in [6, 6.07) is 13.2. The number of thiazole rings is 1. The maximum absolute atomic E-state index is 12.6. The quantitative estimate of drug-likeness (QED) is 0.567. The number of carbonyl (C=O) groups is 2. The summed E-state index contributed by atoms with van der Waals surface area (Å²) in [7, 11) is 0. The molecule has 0 bridgehead atoms. The van der Waals surface area contributed by atoms with E-state index in [0.717, 1.165) is 46.6 Å². The van der Waals surface area contributed by atoms with E-state index in [1.165, 1.54) is 0 Å². The summed E-state index contributed by atoms with van der Waals surface area (Å²) >= 11 is 1.63. The molecule has 0 spiro atoms. The molecule has 2 amide bonds. The molecule has 1 aliphatic carbocycles. The zero-order valence-electron chi connectivity index (χ0n) is 16.3. The Balaban J connectivity index is 1.38. The van der Waals surface area contributed by atoms with Gasteiger partial charge in [0.1, 0.15) is 0 Å². The highest BCUT2D eigenvalue weighted by Crippen LogP contribution is 2.25. The molecule has 4 rings (SSSR count). The molecule has 29 heavy (non-hydrogen) atoms. The molecule has 0 saturated heterocycles. The number of fused-ring (bicyclic) bond motifs is 1. The van der Waals surface area contributed by atoms with Crippen LogP contribution in [0.5, 0.6) is 0 Å². The summed E-state index contributed by atoms with van der Waals surface area (Å²) in [4.78, 5) is 29.5. The third kappa shape index (κ3) is 4.74. The van der Waals surface area contributed by atoms with Gasteiger partial charge in [0, 0.05) is 11.7 Å². The molecule has 6 nitrogen and oxygen atoms in total. The number of benzene rings is 2. The number of hydrogen-bond acceptors (Lipinski definition) is 5. The summed E-state index contributed by atoms with van der Waals surface area (Å²) in [6.45, 7) is 2.09. The van der Waals surface area contributed by atoms with E-state index in [0.29, 0.717) is 11.3 Å². The van der Waals surface area contributed by atoms with Crippen LogP contribution in [-0.2, 0) is 4.79 Å². The minimum atomic E-state index is -0.202. The average Bonchev–Trinajstić information content (AvgIpc) is 3.34. The Hall–Kier alpha value is -2.93. The summed E-state index contributed by atoms with van der Waals surface area (Å²) < 4.78 is 1.09. The fourth-order valence-electron chi connectivity index (χ4n) is 3.65. The molecule has 1 aliphatic rings. The first-order valence-electron chi connectivity index (χ1n) is 9.89. The van der Waals surface area contributed by atoms with Crippen LogP contribution in [0.2, 0.25) is 0 Å². The van der Waals surface area contributed by atoms with Crippen LogP contribution < -0.4 is 16.0 Å². The second kappa shape index (κ2) is 8.61. The number of nitrogens with zero attached hydrogens (tertiary/aromatic N) is 1. The van der Waals surface area contributed by atoms with Gasteiger partial charge < -0.3 is 16.0 Å². The Kier molecular flexibility index (Phi) is 5.76. The molecule has 0 aliphatic heterocycles. The first kappa shape index (κ1) is 19.4. The highest BCUT2D eigenvalue weighted by atomic mass is 32.1. The van der Waals surface area contributed by atoms with Crippen LogP contribution in [0.3, 0.4) is 0 Å². The zero-order valence-corrected chi connectivity index (χ0v) is 17.1. The molecular weight excluding hydrogens is 384 g/mol. The summed E-state index contributed by atoms with van der Waals surface area (Å²) in [5.41, 5.74) is 2.85. The van der Waals surface area contributed by atoms with Crippen molar-refractivity contribution in [3.8, 4) is 0 Å². The molecule has 0 atom stereocenters. The van der Waals surface area contributed by atoms with Gasteiger partial charge in [0.25, 0.3) is 5.91 Å². The van der Waals surface area contributed by atoms with Crippen molar-refractivity contribution < 1.29 is 9.59 Å². The van der Waals surface area contributed by atoms with Gasteiger partial charge in [-0.05, 0) is 50.1 Å². The molecule has 7 heteroatoms. The van der Waals surface area contributed by atoms with E-state index in [1.54, 1.807) is 23.5 Å². The molecule has 2 aromatic carbocycles. The van der Waals surface area contributed by atoms with Gasteiger partial charge in [0.2, 0.25) is 5.91 Å². The Morgan fingerprint density at radius 1 is 1.14 bits per heavy atom.